The van der Waals surface area contributed by atoms with Gasteiger partial charge in [-0.3, -0.25) is 10.1 Å². The zero-order valence-corrected chi connectivity index (χ0v) is 19.7. The van der Waals surface area contributed by atoms with E-state index in [0.29, 0.717) is 28.8 Å². The number of fused-ring (bicyclic) bond motifs is 1. The van der Waals surface area contributed by atoms with Gasteiger partial charge in [-0.25, -0.2) is 14.2 Å². The van der Waals surface area contributed by atoms with Gasteiger partial charge in [0, 0.05) is 23.7 Å². The van der Waals surface area contributed by atoms with Gasteiger partial charge in [0.25, 0.3) is 5.91 Å². The fourth-order valence-corrected chi connectivity index (χ4v) is 5.47. The van der Waals surface area contributed by atoms with Crippen molar-refractivity contribution in [3.05, 3.63) is 81.8 Å². The predicted molar refractivity (Wildman–Crippen MR) is 136 cm³/mol. The number of para-hydroxylation sites is 1. The largest absolute Gasteiger partial charge is 0.324 e. The summed E-state index contributed by atoms with van der Waals surface area (Å²) in [5.41, 5.74) is 2.69. The van der Waals surface area contributed by atoms with Crippen LogP contribution in [0.3, 0.4) is 0 Å². The first kappa shape index (κ1) is 22.2. The van der Waals surface area contributed by atoms with E-state index in [9.17, 15) is 14.0 Å². The Bertz CT molecular complexity index is 1330. The first-order chi connectivity index (χ1) is 16.5. The summed E-state index contributed by atoms with van der Waals surface area (Å²) >= 11 is 2.89. The maximum Gasteiger partial charge on any atom is 0.321 e. The number of amides is 3. The van der Waals surface area contributed by atoms with Crippen molar-refractivity contribution >= 4 is 61.7 Å². The van der Waals surface area contributed by atoms with Gasteiger partial charge in [0.15, 0.2) is 5.13 Å². The number of hydrogen-bond donors (Lipinski definition) is 2. The maximum absolute atomic E-state index is 13.0. The van der Waals surface area contributed by atoms with Crippen molar-refractivity contribution in [2.24, 2.45) is 0 Å². The minimum absolute atomic E-state index is 0.166. The molecule has 3 amide bonds. The van der Waals surface area contributed by atoms with Crippen LogP contribution in [0.25, 0.3) is 16.3 Å². The highest BCUT2D eigenvalue weighted by atomic mass is 32.1. The van der Waals surface area contributed by atoms with E-state index in [2.05, 4.69) is 21.7 Å². The molecule has 1 fully saturated rings. The molecule has 6 nitrogen and oxygen atoms in total. The van der Waals surface area contributed by atoms with Crippen LogP contribution in [0.1, 0.15) is 27.4 Å². The number of nitrogens with zero attached hydrogens (tertiary/aromatic N) is 2. The molecule has 2 aromatic heterocycles. The molecular weight excluding hydrogens is 471 g/mol. The Hall–Kier alpha value is -3.56. The smallest absolute Gasteiger partial charge is 0.321 e. The molecule has 0 saturated carbocycles. The summed E-state index contributed by atoms with van der Waals surface area (Å²) in [5.74, 6) is -0.502. The van der Waals surface area contributed by atoms with Crippen molar-refractivity contribution in [1.82, 2.24) is 9.88 Å². The Morgan fingerprint density at radius 3 is 2.47 bits per heavy atom. The minimum Gasteiger partial charge on any atom is -0.324 e. The van der Waals surface area contributed by atoms with Crippen molar-refractivity contribution in [1.29, 1.82) is 0 Å². The number of carbonyl (C=O) groups excluding carboxylic acids is 2. The third-order valence-electron chi connectivity index (χ3n) is 5.50. The number of rotatable bonds is 4. The average molecular weight is 493 g/mol. The van der Waals surface area contributed by atoms with Gasteiger partial charge in [-0.2, -0.15) is 0 Å². The molecule has 4 aromatic rings. The molecule has 34 heavy (non-hydrogen) atoms. The molecule has 0 spiro atoms. The number of thiazole rings is 1. The van der Waals surface area contributed by atoms with Crippen molar-refractivity contribution in [3.63, 3.8) is 0 Å². The predicted octanol–water partition coefficient (Wildman–Crippen LogP) is 6.46. The number of piperidine rings is 1. The third kappa shape index (κ3) is 5.16. The monoisotopic (exact) mass is 492 g/mol. The number of hydrogen-bond acceptors (Lipinski definition) is 5. The van der Waals surface area contributed by atoms with Crippen LogP contribution in [0.4, 0.5) is 20.0 Å². The highest BCUT2D eigenvalue weighted by Crippen LogP contribution is 2.28. The van der Waals surface area contributed by atoms with Gasteiger partial charge in [-0.15, -0.1) is 11.3 Å². The lowest BCUT2D eigenvalue weighted by Gasteiger charge is -2.28. The number of nitrogens with one attached hydrogen (secondary N) is 2. The van der Waals surface area contributed by atoms with Crippen molar-refractivity contribution in [2.45, 2.75) is 12.8 Å². The Morgan fingerprint density at radius 2 is 1.71 bits per heavy atom. The molecule has 3 heterocycles. The molecule has 1 aliphatic heterocycles. The van der Waals surface area contributed by atoms with Gasteiger partial charge in [0.1, 0.15) is 5.82 Å². The first-order valence-electron chi connectivity index (χ1n) is 10.8. The van der Waals surface area contributed by atoms with Crippen LogP contribution < -0.4 is 10.6 Å². The number of anilines is 2. The number of carbonyl (C=O) groups is 2. The molecule has 1 aliphatic rings. The van der Waals surface area contributed by atoms with E-state index in [1.54, 1.807) is 17.0 Å². The summed E-state index contributed by atoms with van der Waals surface area (Å²) in [4.78, 5) is 33.0. The quantitative estimate of drug-likeness (QED) is 0.343. The molecule has 9 heteroatoms. The summed E-state index contributed by atoms with van der Waals surface area (Å²) in [7, 11) is 0. The second-order valence-corrected chi connectivity index (χ2v) is 10.0. The lowest BCUT2D eigenvalue weighted by atomic mass is 10.0. The summed E-state index contributed by atoms with van der Waals surface area (Å²) in [6.45, 7) is 1.21. The number of likely N-dealkylation sites (tertiary alicyclic amines) is 1. The van der Waals surface area contributed by atoms with Gasteiger partial charge >= 0.3 is 6.03 Å². The molecule has 0 atom stereocenters. The fraction of sp³-hybridized carbons (Fsp3) is 0.160. The molecule has 0 aliphatic carbocycles. The van der Waals surface area contributed by atoms with Crippen LogP contribution in [0.2, 0.25) is 0 Å². The molecule has 1 saturated heterocycles. The first-order valence-corrected chi connectivity index (χ1v) is 12.4. The highest BCUT2D eigenvalue weighted by Gasteiger charge is 2.19. The van der Waals surface area contributed by atoms with Gasteiger partial charge in [0.05, 0.1) is 15.1 Å². The van der Waals surface area contributed by atoms with Crippen molar-refractivity contribution < 1.29 is 14.0 Å². The number of urea groups is 1. The van der Waals surface area contributed by atoms with Crippen LogP contribution in [0, 0.1) is 5.82 Å². The van der Waals surface area contributed by atoms with Gasteiger partial charge in [-0.1, -0.05) is 29.0 Å². The SMILES string of the molecule is O=C(Nc1nc2ccccc2s1)c1ccc(C=C2CCN(C(=O)Nc3ccc(F)cc3)CC2)s1. The van der Waals surface area contributed by atoms with Gasteiger partial charge in [-0.05, 0) is 67.4 Å². The molecule has 172 valence electrons. The average Bonchev–Trinajstić information content (AvgIpc) is 3.47. The molecule has 0 unspecified atom stereocenters. The number of thiophene rings is 1. The van der Waals surface area contributed by atoms with Crippen LogP contribution in [0.5, 0.6) is 0 Å². The number of benzene rings is 2. The number of aromatic nitrogens is 1. The van der Waals surface area contributed by atoms with Crippen LogP contribution in [-0.2, 0) is 0 Å². The Kier molecular flexibility index (Phi) is 6.37. The topological polar surface area (TPSA) is 74.3 Å². The van der Waals surface area contributed by atoms with Gasteiger partial charge in [0.2, 0.25) is 0 Å². The maximum atomic E-state index is 13.0. The lowest BCUT2D eigenvalue weighted by Crippen LogP contribution is -2.39. The van der Waals surface area contributed by atoms with Crippen molar-refractivity contribution in [2.75, 3.05) is 23.7 Å². The zero-order valence-electron chi connectivity index (χ0n) is 18.1. The van der Waals surface area contributed by atoms with E-state index in [4.69, 9.17) is 0 Å². The Morgan fingerprint density at radius 1 is 0.941 bits per heavy atom. The molecule has 2 aromatic carbocycles. The van der Waals surface area contributed by atoms with E-state index in [1.165, 1.54) is 40.4 Å². The van der Waals surface area contributed by atoms with E-state index in [-0.39, 0.29) is 17.8 Å². The van der Waals surface area contributed by atoms with Gasteiger partial charge < -0.3 is 10.2 Å². The Labute approximate surface area is 203 Å². The third-order valence-corrected chi connectivity index (χ3v) is 7.48. The highest BCUT2D eigenvalue weighted by molar-refractivity contribution is 7.22. The second-order valence-electron chi connectivity index (χ2n) is 7.87. The molecule has 5 rings (SSSR count). The summed E-state index contributed by atoms with van der Waals surface area (Å²) in [5, 5.41) is 6.28. The van der Waals surface area contributed by atoms with E-state index < -0.39 is 0 Å². The normalized spacial score (nSPS) is 13.7. The molecule has 0 bridgehead atoms. The zero-order chi connectivity index (χ0) is 23.5. The minimum atomic E-state index is -0.336. The molecule has 2 N–H and O–H groups in total. The summed E-state index contributed by atoms with van der Waals surface area (Å²) in [6.07, 6.45) is 3.64. The Balaban J connectivity index is 1.16. The molecular formula is C25H21FN4O2S2. The summed E-state index contributed by atoms with van der Waals surface area (Å²) in [6, 6.07) is 17.1. The van der Waals surface area contributed by atoms with E-state index >= 15 is 0 Å². The van der Waals surface area contributed by atoms with Crippen molar-refractivity contribution in [3.8, 4) is 0 Å². The van der Waals surface area contributed by atoms with E-state index in [0.717, 1.165) is 27.9 Å². The standard InChI is InChI=1S/C25H21FN4O2S2/c26-17-5-7-18(8-6-17)27-25(32)30-13-11-16(12-14-30)15-19-9-10-22(33-19)23(31)29-24-28-20-3-1-2-4-21(20)34-24/h1-10,15H,11-14H2,(H,27,32)(H,28,29,31). The van der Waals surface area contributed by atoms with Crippen LogP contribution >= 0.6 is 22.7 Å². The van der Waals surface area contributed by atoms with E-state index in [1.807, 2.05) is 36.4 Å². The summed E-state index contributed by atoms with van der Waals surface area (Å²) < 4.78 is 14.1. The lowest BCUT2D eigenvalue weighted by molar-refractivity contribution is 0.103. The van der Waals surface area contributed by atoms with Crippen LogP contribution in [0.15, 0.2) is 66.2 Å². The number of halogens is 1. The van der Waals surface area contributed by atoms with Crippen LogP contribution in [-0.4, -0.2) is 34.9 Å². The second kappa shape index (κ2) is 9.74. The fourth-order valence-electron chi connectivity index (χ4n) is 3.72. The molecule has 0 radical (unpaired) electrons.